The van der Waals surface area contributed by atoms with Crippen LogP contribution in [0.5, 0.6) is 0 Å². The molecule has 4 fully saturated rings. The van der Waals surface area contributed by atoms with Crippen molar-refractivity contribution in [1.29, 1.82) is 0 Å². The third kappa shape index (κ3) is 2.96. The lowest BCUT2D eigenvalue weighted by Crippen LogP contribution is -2.60. The fraction of sp³-hybridized carbons (Fsp3) is 0.941. The molecule has 3 nitrogen and oxygen atoms in total. The maximum Gasteiger partial charge on any atom is 0.226 e. The van der Waals surface area contributed by atoms with E-state index in [4.69, 9.17) is 5.73 Å². The van der Waals surface area contributed by atoms with Gasteiger partial charge in [0, 0.05) is 6.54 Å². The molecule has 0 aromatic heterocycles. The molecule has 0 spiro atoms. The van der Waals surface area contributed by atoms with Crippen LogP contribution < -0.4 is 11.1 Å². The number of hydrogen-bond donors (Lipinski definition) is 2. The molecule has 0 aliphatic heterocycles. The molecular weight excluding hydrogens is 284 g/mol. The lowest BCUT2D eigenvalue weighted by Gasteiger charge is -2.64. The zero-order chi connectivity index (χ0) is 14.6. The summed E-state index contributed by atoms with van der Waals surface area (Å²) in [6.07, 6.45) is 7.35. The van der Waals surface area contributed by atoms with E-state index in [1.807, 2.05) is 0 Å². The molecule has 4 aliphatic carbocycles. The summed E-state index contributed by atoms with van der Waals surface area (Å²) in [5.41, 5.74) is 6.40. The average Bonchev–Trinajstić information content (AvgIpc) is 2.30. The number of carbonyl (C=O) groups is 1. The Balaban J connectivity index is 0.00000161. The van der Waals surface area contributed by atoms with Gasteiger partial charge in [0.1, 0.15) is 0 Å². The first-order valence-electron chi connectivity index (χ1n) is 8.27. The van der Waals surface area contributed by atoms with Gasteiger partial charge >= 0.3 is 0 Å². The van der Waals surface area contributed by atoms with Gasteiger partial charge in [0.25, 0.3) is 0 Å². The molecule has 122 valence electrons. The van der Waals surface area contributed by atoms with Crippen LogP contribution in [0.1, 0.15) is 59.3 Å². The molecule has 4 heteroatoms. The minimum atomic E-state index is -0.0722. The summed E-state index contributed by atoms with van der Waals surface area (Å²) in [6, 6.07) is 0. The zero-order valence-corrected chi connectivity index (χ0v) is 14.5. The maximum atomic E-state index is 12.8. The van der Waals surface area contributed by atoms with Crippen molar-refractivity contribution in [1.82, 2.24) is 5.32 Å². The Labute approximate surface area is 135 Å². The fourth-order valence-electron chi connectivity index (χ4n) is 6.24. The van der Waals surface area contributed by atoms with Crippen LogP contribution in [0, 0.1) is 28.1 Å². The first kappa shape index (κ1) is 17.1. The van der Waals surface area contributed by atoms with Crippen LogP contribution in [0.15, 0.2) is 0 Å². The van der Waals surface area contributed by atoms with E-state index in [0.717, 1.165) is 31.7 Å². The largest absolute Gasteiger partial charge is 0.355 e. The molecule has 4 saturated carbocycles. The molecule has 3 N–H and O–H groups in total. The van der Waals surface area contributed by atoms with Gasteiger partial charge in [0.15, 0.2) is 0 Å². The minimum absolute atomic E-state index is 0. The van der Waals surface area contributed by atoms with Crippen LogP contribution in [-0.2, 0) is 4.79 Å². The second-order valence-electron chi connectivity index (χ2n) is 8.96. The standard InChI is InChI=1S/C17H30N2O.ClH/c1-12(7-18)8-19-14(20)17-6-13-4-15(2,10-17)9-16(3,5-13)11-17;/h12-13H,4-11,18H2,1-3H3,(H,19,20);1H. The van der Waals surface area contributed by atoms with E-state index in [9.17, 15) is 4.79 Å². The lowest BCUT2D eigenvalue weighted by atomic mass is 9.40. The van der Waals surface area contributed by atoms with E-state index in [2.05, 4.69) is 26.1 Å². The van der Waals surface area contributed by atoms with Crippen molar-refractivity contribution in [3.8, 4) is 0 Å². The molecule has 21 heavy (non-hydrogen) atoms. The molecule has 1 amide bonds. The number of nitrogens with one attached hydrogen (secondary N) is 1. The summed E-state index contributed by atoms with van der Waals surface area (Å²) in [5.74, 6) is 1.47. The molecule has 0 saturated heterocycles. The molecule has 4 rings (SSSR count). The van der Waals surface area contributed by atoms with Gasteiger partial charge in [0.05, 0.1) is 5.41 Å². The van der Waals surface area contributed by atoms with E-state index < -0.39 is 0 Å². The highest BCUT2D eigenvalue weighted by atomic mass is 35.5. The minimum Gasteiger partial charge on any atom is -0.355 e. The number of amides is 1. The average molecular weight is 315 g/mol. The predicted molar refractivity (Wildman–Crippen MR) is 88.3 cm³/mol. The molecular formula is C17H31ClN2O. The quantitative estimate of drug-likeness (QED) is 0.837. The van der Waals surface area contributed by atoms with Crippen molar-refractivity contribution in [2.24, 2.45) is 33.8 Å². The van der Waals surface area contributed by atoms with E-state index in [0.29, 0.717) is 29.2 Å². The first-order chi connectivity index (χ1) is 9.28. The molecule has 0 aromatic carbocycles. The van der Waals surface area contributed by atoms with Crippen LogP contribution in [0.25, 0.3) is 0 Å². The Morgan fingerprint density at radius 3 is 2.24 bits per heavy atom. The summed E-state index contributed by atoms with van der Waals surface area (Å²) in [6.45, 7) is 8.31. The van der Waals surface area contributed by atoms with Crippen LogP contribution in [0.4, 0.5) is 0 Å². The molecule has 3 atom stereocenters. The van der Waals surface area contributed by atoms with Gasteiger partial charge in [-0.2, -0.15) is 0 Å². The van der Waals surface area contributed by atoms with Crippen molar-refractivity contribution < 1.29 is 4.79 Å². The highest BCUT2D eigenvalue weighted by Gasteiger charge is 2.62. The van der Waals surface area contributed by atoms with Crippen molar-refractivity contribution in [3.05, 3.63) is 0 Å². The SMILES string of the molecule is CC(CN)CNC(=O)C12CC3CC(C)(CC(C)(C3)C1)C2.Cl. The highest BCUT2D eigenvalue weighted by molar-refractivity contribution is 5.85. The third-order valence-electron chi connectivity index (χ3n) is 6.12. The van der Waals surface area contributed by atoms with E-state index in [-0.39, 0.29) is 17.8 Å². The number of halogens is 1. The Morgan fingerprint density at radius 2 is 1.76 bits per heavy atom. The van der Waals surface area contributed by atoms with Crippen molar-refractivity contribution in [2.45, 2.75) is 59.3 Å². The van der Waals surface area contributed by atoms with Gasteiger partial charge in [-0.25, -0.2) is 0 Å². The van der Waals surface area contributed by atoms with Crippen LogP contribution in [-0.4, -0.2) is 19.0 Å². The van der Waals surface area contributed by atoms with Crippen molar-refractivity contribution in [2.75, 3.05) is 13.1 Å². The summed E-state index contributed by atoms with van der Waals surface area (Å²) >= 11 is 0. The monoisotopic (exact) mass is 314 g/mol. The summed E-state index contributed by atoms with van der Waals surface area (Å²) in [4.78, 5) is 12.8. The summed E-state index contributed by atoms with van der Waals surface area (Å²) in [7, 11) is 0. The van der Waals surface area contributed by atoms with Gasteiger partial charge in [-0.3, -0.25) is 4.79 Å². The van der Waals surface area contributed by atoms with E-state index in [1.165, 1.54) is 19.3 Å². The number of carbonyl (C=O) groups excluding carboxylic acids is 1. The summed E-state index contributed by atoms with van der Waals surface area (Å²) in [5, 5.41) is 3.21. The molecule has 4 bridgehead atoms. The Hall–Kier alpha value is -0.280. The number of hydrogen-bond acceptors (Lipinski definition) is 2. The van der Waals surface area contributed by atoms with Crippen molar-refractivity contribution >= 4 is 18.3 Å². The van der Waals surface area contributed by atoms with Gasteiger partial charge in [-0.05, 0) is 67.7 Å². The second-order valence-corrected chi connectivity index (χ2v) is 8.96. The predicted octanol–water partition coefficient (Wildman–Crippen LogP) is 3.12. The third-order valence-corrected chi connectivity index (χ3v) is 6.12. The topological polar surface area (TPSA) is 55.1 Å². The Bertz CT molecular complexity index is 407. The van der Waals surface area contributed by atoms with Gasteiger partial charge < -0.3 is 11.1 Å². The fourth-order valence-corrected chi connectivity index (χ4v) is 6.24. The maximum absolute atomic E-state index is 12.8. The lowest BCUT2D eigenvalue weighted by molar-refractivity contribution is -0.170. The zero-order valence-electron chi connectivity index (χ0n) is 13.7. The first-order valence-corrected chi connectivity index (χ1v) is 8.27. The smallest absolute Gasteiger partial charge is 0.226 e. The van der Waals surface area contributed by atoms with Gasteiger partial charge in [-0.15, -0.1) is 12.4 Å². The second kappa shape index (κ2) is 5.42. The Kier molecular flexibility index (Phi) is 4.41. The molecule has 4 aliphatic rings. The van der Waals surface area contributed by atoms with E-state index in [1.54, 1.807) is 0 Å². The van der Waals surface area contributed by atoms with Gasteiger partial charge in [0.2, 0.25) is 5.91 Å². The van der Waals surface area contributed by atoms with Crippen LogP contribution in [0.2, 0.25) is 0 Å². The number of rotatable bonds is 4. The number of nitrogens with two attached hydrogens (primary N) is 1. The van der Waals surface area contributed by atoms with E-state index >= 15 is 0 Å². The van der Waals surface area contributed by atoms with Crippen LogP contribution in [0.3, 0.4) is 0 Å². The molecule has 0 heterocycles. The normalized spacial score (nSPS) is 45.0. The highest BCUT2D eigenvalue weighted by Crippen LogP contribution is 2.69. The molecule has 0 aromatic rings. The van der Waals surface area contributed by atoms with Crippen LogP contribution >= 0.6 is 12.4 Å². The van der Waals surface area contributed by atoms with Crippen molar-refractivity contribution in [3.63, 3.8) is 0 Å². The summed E-state index contributed by atoms with van der Waals surface area (Å²) < 4.78 is 0. The van der Waals surface area contributed by atoms with Gasteiger partial charge in [-0.1, -0.05) is 20.8 Å². The Morgan fingerprint density at radius 1 is 1.19 bits per heavy atom. The molecule has 3 unspecified atom stereocenters. The molecule has 0 radical (unpaired) electrons.